The van der Waals surface area contributed by atoms with Gasteiger partial charge in [0, 0.05) is 12.4 Å². The van der Waals surface area contributed by atoms with Crippen molar-refractivity contribution in [3.8, 4) is 0 Å². The van der Waals surface area contributed by atoms with E-state index < -0.39 is 0 Å². The van der Waals surface area contributed by atoms with Crippen LogP contribution in [0.25, 0.3) is 0 Å². The van der Waals surface area contributed by atoms with Crippen LogP contribution in [-0.4, -0.2) is 48.6 Å². The summed E-state index contributed by atoms with van der Waals surface area (Å²) < 4.78 is 5.26. The molecule has 0 radical (unpaired) electrons. The van der Waals surface area contributed by atoms with Crippen LogP contribution in [0, 0.1) is 0 Å². The van der Waals surface area contributed by atoms with Crippen molar-refractivity contribution in [3.05, 3.63) is 0 Å². The van der Waals surface area contributed by atoms with Crippen molar-refractivity contribution in [2.24, 2.45) is 20.0 Å². The molecule has 0 fully saturated rings. The lowest BCUT2D eigenvalue weighted by atomic mass is 10.3. The zero-order valence-electron chi connectivity index (χ0n) is 8.46. The van der Waals surface area contributed by atoms with E-state index in [2.05, 4.69) is 20.0 Å². The van der Waals surface area contributed by atoms with Gasteiger partial charge in [0.15, 0.2) is 11.9 Å². The maximum absolute atomic E-state index is 5.26. The molecule has 0 N–H and O–H groups in total. The SMILES string of the molecule is CCOCCSC1=NC=NC2=NC=NC21. The van der Waals surface area contributed by atoms with Crippen LogP contribution in [-0.2, 0) is 4.74 Å². The van der Waals surface area contributed by atoms with Crippen molar-refractivity contribution >= 4 is 35.3 Å². The fourth-order valence-electron chi connectivity index (χ4n) is 1.26. The minimum Gasteiger partial charge on any atom is -0.381 e. The van der Waals surface area contributed by atoms with E-state index in [0.717, 1.165) is 29.8 Å². The van der Waals surface area contributed by atoms with E-state index in [9.17, 15) is 0 Å². The molecular weight excluding hydrogens is 212 g/mol. The first-order valence-corrected chi connectivity index (χ1v) is 5.80. The van der Waals surface area contributed by atoms with E-state index in [1.165, 1.54) is 6.34 Å². The molecular formula is C9H12N4OS. The third-order valence-electron chi connectivity index (χ3n) is 1.94. The zero-order valence-corrected chi connectivity index (χ0v) is 9.28. The number of thioether (sulfide) groups is 1. The molecule has 2 heterocycles. The molecule has 0 aromatic carbocycles. The number of fused-ring (bicyclic) bond motifs is 1. The molecule has 1 atom stereocenters. The maximum atomic E-state index is 5.26. The molecule has 0 saturated carbocycles. The first kappa shape index (κ1) is 10.5. The first-order valence-electron chi connectivity index (χ1n) is 4.82. The number of ether oxygens (including phenoxy) is 1. The van der Waals surface area contributed by atoms with Crippen LogP contribution in [0.3, 0.4) is 0 Å². The van der Waals surface area contributed by atoms with Crippen molar-refractivity contribution < 1.29 is 4.74 Å². The summed E-state index contributed by atoms with van der Waals surface area (Å²) in [7, 11) is 0. The van der Waals surface area contributed by atoms with Crippen LogP contribution in [0.15, 0.2) is 20.0 Å². The maximum Gasteiger partial charge on any atom is 0.163 e. The van der Waals surface area contributed by atoms with Crippen LogP contribution < -0.4 is 0 Å². The van der Waals surface area contributed by atoms with E-state index in [-0.39, 0.29) is 6.04 Å². The molecule has 0 saturated heterocycles. The summed E-state index contributed by atoms with van der Waals surface area (Å²) in [6.07, 6.45) is 3.08. The van der Waals surface area contributed by atoms with Crippen LogP contribution in [0.4, 0.5) is 0 Å². The van der Waals surface area contributed by atoms with E-state index >= 15 is 0 Å². The smallest absolute Gasteiger partial charge is 0.163 e. The Morgan fingerprint density at radius 3 is 3.20 bits per heavy atom. The van der Waals surface area contributed by atoms with Gasteiger partial charge in [0.1, 0.15) is 17.7 Å². The lowest BCUT2D eigenvalue weighted by Gasteiger charge is -2.13. The lowest BCUT2D eigenvalue weighted by molar-refractivity contribution is 0.164. The predicted molar refractivity (Wildman–Crippen MR) is 64.6 cm³/mol. The first-order chi connectivity index (χ1) is 7.42. The molecule has 6 heteroatoms. The molecule has 2 aliphatic heterocycles. The molecule has 15 heavy (non-hydrogen) atoms. The number of nitrogens with zero attached hydrogens (tertiary/aromatic N) is 4. The minimum atomic E-state index is -0.0679. The van der Waals surface area contributed by atoms with E-state index in [0.29, 0.717) is 0 Å². The van der Waals surface area contributed by atoms with E-state index in [4.69, 9.17) is 4.74 Å². The fourth-order valence-corrected chi connectivity index (χ4v) is 2.11. The number of amidine groups is 1. The summed E-state index contributed by atoms with van der Waals surface area (Å²) in [5, 5.41) is 0.956. The molecule has 5 nitrogen and oxygen atoms in total. The lowest BCUT2D eigenvalue weighted by Crippen LogP contribution is -2.26. The second-order valence-electron chi connectivity index (χ2n) is 2.91. The average Bonchev–Trinajstić information content (AvgIpc) is 2.73. The topological polar surface area (TPSA) is 58.7 Å². The van der Waals surface area contributed by atoms with Gasteiger partial charge >= 0.3 is 0 Å². The Kier molecular flexibility index (Phi) is 3.63. The standard InChI is InChI=1S/C9H12N4OS/c1-2-14-3-4-15-9-7-8(11-5-10-7)12-6-13-9/h5-7H,2-4H2,1H3. The predicted octanol–water partition coefficient (Wildman–Crippen LogP) is 1.01. The number of rotatable bonds is 4. The molecule has 0 aromatic heterocycles. The van der Waals surface area contributed by atoms with Gasteiger partial charge in [-0.1, -0.05) is 0 Å². The van der Waals surface area contributed by atoms with Crippen molar-refractivity contribution in [3.63, 3.8) is 0 Å². The van der Waals surface area contributed by atoms with Crippen LogP contribution in [0.2, 0.25) is 0 Å². The average molecular weight is 224 g/mol. The van der Waals surface area contributed by atoms with Crippen LogP contribution >= 0.6 is 11.8 Å². The Hall–Kier alpha value is -1.01. The molecule has 80 valence electrons. The highest BCUT2D eigenvalue weighted by atomic mass is 32.2. The summed E-state index contributed by atoms with van der Waals surface area (Å²) in [5.41, 5.74) is 0. The number of hydrogen-bond acceptors (Lipinski definition) is 6. The van der Waals surface area contributed by atoms with Crippen LogP contribution in [0.1, 0.15) is 6.92 Å². The Labute approximate surface area is 92.5 Å². The second-order valence-corrected chi connectivity index (χ2v) is 4.03. The van der Waals surface area contributed by atoms with Crippen molar-refractivity contribution in [1.82, 2.24) is 0 Å². The van der Waals surface area contributed by atoms with Gasteiger partial charge in [0.05, 0.1) is 6.61 Å². The highest BCUT2D eigenvalue weighted by Crippen LogP contribution is 2.17. The van der Waals surface area contributed by atoms with Gasteiger partial charge in [0.25, 0.3) is 0 Å². The molecule has 0 aliphatic carbocycles. The van der Waals surface area contributed by atoms with Gasteiger partial charge in [-0.05, 0) is 6.92 Å². The second kappa shape index (κ2) is 5.18. The van der Waals surface area contributed by atoms with Gasteiger partial charge in [-0.15, -0.1) is 11.8 Å². The monoisotopic (exact) mass is 224 g/mol. The Morgan fingerprint density at radius 1 is 1.40 bits per heavy atom. The summed E-state index contributed by atoms with van der Waals surface area (Å²) in [6.45, 7) is 3.48. The van der Waals surface area contributed by atoms with Gasteiger partial charge < -0.3 is 4.74 Å². The third kappa shape index (κ3) is 2.51. The molecule has 2 rings (SSSR count). The van der Waals surface area contributed by atoms with Crippen molar-refractivity contribution in [1.29, 1.82) is 0 Å². The Morgan fingerprint density at radius 2 is 2.33 bits per heavy atom. The van der Waals surface area contributed by atoms with Crippen LogP contribution in [0.5, 0.6) is 0 Å². The normalized spacial score (nSPS) is 22.6. The summed E-state index contributed by atoms with van der Waals surface area (Å²) in [4.78, 5) is 16.5. The summed E-state index contributed by atoms with van der Waals surface area (Å²) >= 11 is 1.65. The molecule has 1 unspecified atom stereocenters. The zero-order chi connectivity index (χ0) is 10.5. The van der Waals surface area contributed by atoms with Gasteiger partial charge in [-0.2, -0.15) is 0 Å². The third-order valence-corrected chi connectivity index (χ3v) is 2.94. The summed E-state index contributed by atoms with van der Waals surface area (Å²) in [6, 6.07) is -0.0679. The van der Waals surface area contributed by atoms with Crippen molar-refractivity contribution in [2.45, 2.75) is 13.0 Å². The molecule has 2 aliphatic rings. The van der Waals surface area contributed by atoms with Gasteiger partial charge in [-0.3, -0.25) is 4.99 Å². The highest BCUT2D eigenvalue weighted by molar-refractivity contribution is 8.14. The Balaban J connectivity index is 1.86. The van der Waals surface area contributed by atoms with Crippen molar-refractivity contribution in [2.75, 3.05) is 19.0 Å². The largest absolute Gasteiger partial charge is 0.381 e. The van der Waals surface area contributed by atoms with Gasteiger partial charge in [-0.25, -0.2) is 15.0 Å². The highest BCUT2D eigenvalue weighted by Gasteiger charge is 2.25. The molecule has 0 spiro atoms. The Bertz CT molecular complexity index is 348. The number of hydrogen-bond donors (Lipinski definition) is 0. The quantitative estimate of drug-likeness (QED) is 0.669. The van der Waals surface area contributed by atoms with E-state index in [1.54, 1.807) is 18.1 Å². The van der Waals surface area contributed by atoms with E-state index in [1.807, 2.05) is 6.92 Å². The molecule has 0 amide bonds. The molecule has 0 bridgehead atoms. The summed E-state index contributed by atoms with van der Waals surface area (Å²) in [5.74, 6) is 1.63. The number of aliphatic imine (C=N–C) groups is 4. The molecule has 0 aromatic rings. The minimum absolute atomic E-state index is 0.0679. The fraction of sp³-hybridized carbons (Fsp3) is 0.556. The van der Waals surface area contributed by atoms with Gasteiger partial charge in [0.2, 0.25) is 0 Å².